The molecule has 2 saturated heterocycles. The van der Waals surface area contributed by atoms with E-state index in [9.17, 15) is 13.2 Å². The second-order valence-electron chi connectivity index (χ2n) is 7.09. The Morgan fingerprint density at radius 1 is 1.27 bits per heavy atom. The lowest BCUT2D eigenvalue weighted by atomic mass is 10.1. The molecule has 0 bridgehead atoms. The fourth-order valence-electron chi connectivity index (χ4n) is 3.55. The molecule has 2 fully saturated rings. The zero-order chi connectivity index (χ0) is 18.6. The van der Waals surface area contributed by atoms with Crippen LogP contribution in [0.3, 0.4) is 0 Å². The van der Waals surface area contributed by atoms with Crippen molar-refractivity contribution in [1.82, 2.24) is 14.9 Å². The summed E-state index contributed by atoms with van der Waals surface area (Å²) in [5, 5.41) is 6.05. The quantitative estimate of drug-likeness (QED) is 0.769. The van der Waals surface area contributed by atoms with E-state index in [1.807, 2.05) is 25.1 Å². The van der Waals surface area contributed by atoms with Crippen LogP contribution in [0.1, 0.15) is 18.4 Å². The Morgan fingerprint density at radius 2 is 2.04 bits per heavy atom. The first-order valence-electron chi connectivity index (χ1n) is 9.23. The number of nitrogens with one attached hydrogen (secondary N) is 2. The van der Waals surface area contributed by atoms with Crippen LogP contribution < -0.4 is 15.5 Å². The van der Waals surface area contributed by atoms with E-state index in [2.05, 4.69) is 21.6 Å². The van der Waals surface area contributed by atoms with Gasteiger partial charge in [-0.05, 0) is 44.0 Å². The normalized spacial score (nSPS) is 22.2. The minimum Gasteiger partial charge on any atom is -0.369 e. The van der Waals surface area contributed by atoms with Gasteiger partial charge in [-0.3, -0.25) is 4.79 Å². The number of amides is 1. The average molecular weight is 381 g/mol. The van der Waals surface area contributed by atoms with Crippen LogP contribution >= 0.6 is 0 Å². The van der Waals surface area contributed by atoms with Crippen molar-refractivity contribution in [3.05, 3.63) is 29.8 Å². The highest BCUT2D eigenvalue weighted by molar-refractivity contribution is 7.89. The first-order chi connectivity index (χ1) is 12.4. The van der Waals surface area contributed by atoms with Gasteiger partial charge in [-0.2, -0.15) is 4.31 Å². The number of nitrogens with zero attached hydrogens (tertiary/aromatic N) is 2. The van der Waals surface area contributed by atoms with Gasteiger partial charge in [0.1, 0.15) is 5.75 Å². The molecule has 1 aromatic rings. The molecule has 8 heteroatoms. The first-order valence-corrected chi connectivity index (χ1v) is 10.8. The summed E-state index contributed by atoms with van der Waals surface area (Å²) < 4.78 is 26.6. The topological polar surface area (TPSA) is 81.8 Å². The van der Waals surface area contributed by atoms with Crippen LogP contribution in [-0.2, 0) is 14.8 Å². The highest BCUT2D eigenvalue weighted by Crippen LogP contribution is 2.19. The predicted octanol–water partition coefficient (Wildman–Crippen LogP) is 0.315. The van der Waals surface area contributed by atoms with Crippen LogP contribution in [0.15, 0.2) is 24.3 Å². The van der Waals surface area contributed by atoms with E-state index in [1.54, 1.807) is 0 Å². The van der Waals surface area contributed by atoms with Crippen molar-refractivity contribution >= 4 is 21.6 Å². The second kappa shape index (κ2) is 8.37. The number of sulfonamides is 1. The van der Waals surface area contributed by atoms with Crippen LogP contribution in [0.5, 0.6) is 0 Å². The van der Waals surface area contributed by atoms with Gasteiger partial charge in [-0.25, -0.2) is 8.42 Å². The number of piperazine rings is 1. The molecule has 0 radical (unpaired) electrons. The Kier molecular flexibility index (Phi) is 6.16. The minimum atomic E-state index is -3.57. The molecule has 1 unspecified atom stereocenters. The number of benzene rings is 1. The zero-order valence-electron chi connectivity index (χ0n) is 15.3. The predicted molar refractivity (Wildman–Crippen MR) is 103 cm³/mol. The third-order valence-corrected chi connectivity index (χ3v) is 6.75. The Bertz CT molecular complexity index is 724. The molecule has 2 heterocycles. The Morgan fingerprint density at radius 3 is 2.69 bits per heavy atom. The summed E-state index contributed by atoms with van der Waals surface area (Å²) in [6.07, 6.45) is 1.90. The largest absolute Gasteiger partial charge is 0.369 e. The van der Waals surface area contributed by atoms with Gasteiger partial charge in [-0.1, -0.05) is 12.1 Å². The molecular formula is C18H28N4O3S. The molecule has 7 nitrogen and oxygen atoms in total. The molecule has 144 valence electrons. The van der Waals surface area contributed by atoms with Gasteiger partial charge < -0.3 is 15.5 Å². The van der Waals surface area contributed by atoms with E-state index < -0.39 is 21.7 Å². The minimum absolute atomic E-state index is 0.0321. The maximum atomic E-state index is 12.6. The van der Waals surface area contributed by atoms with Crippen molar-refractivity contribution in [2.24, 2.45) is 0 Å². The summed E-state index contributed by atoms with van der Waals surface area (Å²) in [6.45, 7) is 5.80. The van der Waals surface area contributed by atoms with E-state index in [1.165, 1.54) is 9.87 Å². The van der Waals surface area contributed by atoms with Crippen LogP contribution in [-0.4, -0.2) is 69.7 Å². The summed E-state index contributed by atoms with van der Waals surface area (Å²) in [4.78, 5) is 14.3. The molecule has 3 rings (SSSR count). The molecule has 2 aliphatic rings. The number of hydrogen-bond acceptors (Lipinski definition) is 5. The molecule has 0 spiro atoms. The van der Waals surface area contributed by atoms with Crippen LogP contribution in [0.4, 0.5) is 5.69 Å². The molecule has 26 heavy (non-hydrogen) atoms. The van der Waals surface area contributed by atoms with Crippen LogP contribution in [0.25, 0.3) is 0 Å². The van der Waals surface area contributed by atoms with E-state index in [0.29, 0.717) is 32.7 Å². The summed E-state index contributed by atoms with van der Waals surface area (Å²) in [5.74, 6) is -0.867. The highest BCUT2D eigenvalue weighted by atomic mass is 32.2. The molecule has 1 atom stereocenters. The summed E-state index contributed by atoms with van der Waals surface area (Å²) >= 11 is 0. The number of hydrogen-bond donors (Lipinski definition) is 2. The molecule has 1 aromatic carbocycles. The van der Waals surface area contributed by atoms with E-state index in [4.69, 9.17) is 0 Å². The number of aryl methyl sites for hydroxylation is 1. The van der Waals surface area contributed by atoms with Gasteiger partial charge in [0, 0.05) is 44.5 Å². The number of carbonyl (C=O) groups excluding carboxylic acids is 1. The van der Waals surface area contributed by atoms with Crippen molar-refractivity contribution in [2.45, 2.75) is 25.8 Å². The van der Waals surface area contributed by atoms with Crippen molar-refractivity contribution in [1.29, 1.82) is 0 Å². The molecule has 0 saturated carbocycles. The maximum Gasteiger partial charge on any atom is 0.236 e. The lowest BCUT2D eigenvalue weighted by Crippen LogP contribution is -2.52. The van der Waals surface area contributed by atoms with E-state index in [-0.39, 0.29) is 6.04 Å². The van der Waals surface area contributed by atoms with Gasteiger partial charge in [0.2, 0.25) is 15.9 Å². The van der Waals surface area contributed by atoms with Crippen LogP contribution in [0, 0.1) is 6.92 Å². The lowest BCUT2D eigenvalue weighted by molar-refractivity contribution is -0.119. The van der Waals surface area contributed by atoms with E-state index in [0.717, 1.165) is 25.1 Å². The SMILES string of the molecule is Cc1cccc(N2CCN(S(=O)(=O)CC(=O)NC3CCCNC3)CC2)c1. The lowest BCUT2D eigenvalue weighted by Gasteiger charge is -2.35. The Labute approximate surface area is 155 Å². The average Bonchev–Trinajstić information content (AvgIpc) is 2.62. The first kappa shape index (κ1) is 19.1. The highest BCUT2D eigenvalue weighted by Gasteiger charge is 2.29. The van der Waals surface area contributed by atoms with Gasteiger partial charge in [0.15, 0.2) is 0 Å². The fraction of sp³-hybridized carbons (Fsp3) is 0.611. The van der Waals surface area contributed by atoms with Crippen molar-refractivity contribution in [3.63, 3.8) is 0 Å². The van der Waals surface area contributed by atoms with Gasteiger partial charge in [0.25, 0.3) is 0 Å². The molecule has 0 aromatic heterocycles. The van der Waals surface area contributed by atoms with Crippen molar-refractivity contribution in [2.75, 3.05) is 49.9 Å². The third-order valence-electron chi connectivity index (χ3n) is 4.97. The molecular weight excluding hydrogens is 352 g/mol. The molecule has 2 aliphatic heterocycles. The van der Waals surface area contributed by atoms with Gasteiger partial charge in [0.05, 0.1) is 0 Å². The number of piperidine rings is 1. The number of rotatable bonds is 5. The maximum absolute atomic E-state index is 12.6. The Hall–Kier alpha value is -1.64. The fourth-order valence-corrected chi connectivity index (χ4v) is 4.87. The second-order valence-corrected chi connectivity index (χ2v) is 9.06. The third kappa shape index (κ3) is 4.96. The Balaban J connectivity index is 1.51. The standard InChI is InChI=1S/C18H28N4O3S/c1-15-4-2-6-17(12-15)21-8-10-22(11-9-21)26(24,25)14-18(23)20-16-5-3-7-19-13-16/h2,4,6,12,16,19H,3,5,7-11,13-14H2,1H3,(H,20,23). The smallest absolute Gasteiger partial charge is 0.236 e. The van der Waals surface area contributed by atoms with Gasteiger partial charge in [-0.15, -0.1) is 0 Å². The summed E-state index contributed by atoms with van der Waals surface area (Å²) in [7, 11) is -3.57. The summed E-state index contributed by atoms with van der Waals surface area (Å²) in [6, 6.07) is 8.24. The summed E-state index contributed by atoms with van der Waals surface area (Å²) in [5.41, 5.74) is 2.30. The molecule has 0 aliphatic carbocycles. The van der Waals surface area contributed by atoms with Gasteiger partial charge >= 0.3 is 0 Å². The van der Waals surface area contributed by atoms with Crippen molar-refractivity contribution in [3.8, 4) is 0 Å². The van der Waals surface area contributed by atoms with E-state index >= 15 is 0 Å². The molecule has 2 N–H and O–H groups in total. The zero-order valence-corrected chi connectivity index (χ0v) is 16.1. The van der Waals surface area contributed by atoms with Crippen LogP contribution in [0.2, 0.25) is 0 Å². The van der Waals surface area contributed by atoms with Crippen molar-refractivity contribution < 1.29 is 13.2 Å². The monoisotopic (exact) mass is 380 g/mol. The number of carbonyl (C=O) groups is 1. The number of anilines is 1. The molecule has 1 amide bonds.